The Morgan fingerprint density at radius 2 is 1.56 bits per heavy atom. The lowest BCUT2D eigenvalue weighted by molar-refractivity contribution is -0.147. The van der Waals surface area contributed by atoms with Crippen LogP contribution in [0.3, 0.4) is 0 Å². The van der Waals surface area contributed by atoms with Crippen molar-refractivity contribution in [1.29, 1.82) is 0 Å². The van der Waals surface area contributed by atoms with Crippen LogP contribution in [-0.4, -0.2) is 52.0 Å². The van der Waals surface area contributed by atoms with Gasteiger partial charge >= 0.3 is 6.09 Å². The maximum absolute atomic E-state index is 14.6. The zero-order valence-corrected chi connectivity index (χ0v) is 27.5. The summed E-state index contributed by atoms with van der Waals surface area (Å²) in [5.74, 6) is 0.0265. The molecule has 226 valence electrons. The monoisotopic (exact) mass is 583 g/mol. The molecule has 2 aromatic rings. The minimum Gasteiger partial charge on any atom is -0.444 e. The largest absolute Gasteiger partial charge is 0.444 e. The fraction of sp³-hybridized carbons (Fsp3) is 0.545. The first-order valence-corrected chi connectivity index (χ1v) is 15.7. The molecule has 2 aromatic carbocycles. The fourth-order valence-electron chi connectivity index (χ4n) is 4.79. The number of aryl methyl sites for hydroxylation is 4. The van der Waals surface area contributed by atoms with Crippen molar-refractivity contribution in [3.8, 4) is 0 Å². The number of hydrogen-bond acceptors (Lipinski definition) is 5. The van der Waals surface area contributed by atoms with Crippen molar-refractivity contribution in [2.45, 2.75) is 105 Å². The highest BCUT2D eigenvalue weighted by molar-refractivity contribution is 7.98. The van der Waals surface area contributed by atoms with Crippen LogP contribution in [0, 0.1) is 27.7 Å². The molecule has 0 fully saturated rings. The lowest BCUT2D eigenvalue weighted by Gasteiger charge is -2.45. The van der Waals surface area contributed by atoms with Gasteiger partial charge in [-0.05, 0) is 109 Å². The Hall–Kier alpha value is -3.00. The number of ether oxygens (including phenoxy) is 1. The number of nitrogens with one attached hydrogen (secondary N) is 2. The minimum atomic E-state index is -0.936. The standard InChI is InChI=1S/C33H49N3O4S/c1-12-33(9,10)36(30(38)26(18-19-41-11)34-31(39)40-32(6,7)8)28(25-17-16-21(2)20-24(25)5)29(37)35-27-22(3)14-13-15-23(27)4/h13-17,20,26,28H,12,18-19H2,1-11H3,(H,34,39)(H,35,37). The number of benzene rings is 2. The third kappa shape index (κ3) is 9.25. The Morgan fingerprint density at radius 1 is 0.951 bits per heavy atom. The summed E-state index contributed by atoms with van der Waals surface area (Å²) in [6.07, 6.45) is 2.29. The van der Waals surface area contributed by atoms with E-state index in [4.69, 9.17) is 4.74 Å². The third-order valence-electron chi connectivity index (χ3n) is 7.31. The summed E-state index contributed by atoms with van der Waals surface area (Å²) in [6.45, 7) is 19.2. The van der Waals surface area contributed by atoms with Crippen LogP contribution in [0.5, 0.6) is 0 Å². The van der Waals surface area contributed by atoms with Gasteiger partial charge in [0.2, 0.25) is 5.91 Å². The van der Waals surface area contributed by atoms with Crippen molar-refractivity contribution >= 4 is 35.4 Å². The quantitative estimate of drug-likeness (QED) is 0.291. The lowest BCUT2D eigenvalue weighted by atomic mass is 9.89. The van der Waals surface area contributed by atoms with Crippen LogP contribution in [0.4, 0.5) is 10.5 Å². The zero-order valence-electron chi connectivity index (χ0n) is 26.7. The van der Waals surface area contributed by atoms with Gasteiger partial charge in [-0.2, -0.15) is 11.8 Å². The molecule has 2 atom stereocenters. The summed E-state index contributed by atoms with van der Waals surface area (Å²) in [6, 6.07) is 9.99. The van der Waals surface area contributed by atoms with Crippen LogP contribution in [0.2, 0.25) is 0 Å². The Labute approximate surface area is 251 Å². The molecule has 0 radical (unpaired) electrons. The van der Waals surface area contributed by atoms with E-state index in [0.717, 1.165) is 33.5 Å². The van der Waals surface area contributed by atoms with Crippen LogP contribution in [0.15, 0.2) is 36.4 Å². The van der Waals surface area contributed by atoms with Crippen molar-refractivity contribution in [1.82, 2.24) is 10.2 Å². The Bertz CT molecular complexity index is 1220. The van der Waals surface area contributed by atoms with E-state index in [-0.39, 0.29) is 11.8 Å². The van der Waals surface area contributed by atoms with Gasteiger partial charge in [-0.1, -0.05) is 48.9 Å². The van der Waals surface area contributed by atoms with E-state index >= 15 is 0 Å². The number of para-hydroxylation sites is 1. The Morgan fingerprint density at radius 3 is 2.07 bits per heavy atom. The molecular weight excluding hydrogens is 534 g/mol. The molecule has 0 heterocycles. The first kappa shape index (κ1) is 34.2. The number of alkyl carbamates (subject to hydrolysis) is 1. The molecule has 0 bridgehead atoms. The van der Waals surface area contributed by atoms with Crippen molar-refractivity contribution in [3.05, 3.63) is 64.2 Å². The van der Waals surface area contributed by atoms with Crippen LogP contribution in [0.1, 0.15) is 88.2 Å². The Kier molecular flexibility index (Phi) is 11.9. The van der Waals surface area contributed by atoms with Crippen LogP contribution in [0.25, 0.3) is 0 Å². The van der Waals surface area contributed by atoms with E-state index in [9.17, 15) is 14.4 Å². The number of hydrogen-bond donors (Lipinski definition) is 2. The summed E-state index contributed by atoms with van der Waals surface area (Å²) in [7, 11) is 0. The summed E-state index contributed by atoms with van der Waals surface area (Å²) < 4.78 is 5.51. The second kappa shape index (κ2) is 14.3. The molecule has 0 saturated heterocycles. The molecule has 2 unspecified atom stereocenters. The summed E-state index contributed by atoms with van der Waals surface area (Å²) in [4.78, 5) is 43.5. The number of carbonyl (C=O) groups excluding carboxylic acids is 3. The molecule has 0 saturated carbocycles. The molecule has 0 aromatic heterocycles. The average Bonchev–Trinajstić information content (AvgIpc) is 2.86. The number of rotatable bonds is 11. The van der Waals surface area contributed by atoms with E-state index in [2.05, 4.69) is 10.6 Å². The van der Waals surface area contributed by atoms with Gasteiger partial charge in [-0.3, -0.25) is 9.59 Å². The van der Waals surface area contributed by atoms with Gasteiger partial charge in [-0.15, -0.1) is 0 Å². The number of carbonyl (C=O) groups is 3. The molecule has 2 rings (SSSR count). The zero-order chi connectivity index (χ0) is 31.1. The topological polar surface area (TPSA) is 87.7 Å². The second-order valence-corrected chi connectivity index (χ2v) is 13.4. The van der Waals surface area contributed by atoms with Crippen molar-refractivity contribution in [2.75, 3.05) is 17.3 Å². The van der Waals surface area contributed by atoms with E-state index in [1.54, 1.807) is 37.4 Å². The normalized spacial score (nSPS) is 13.2. The SMILES string of the molecule is CCC(C)(C)N(C(=O)C(CCSC)NC(=O)OC(C)(C)C)C(C(=O)Nc1c(C)cccc1C)c1ccc(C)cc1C. The van der Waals surface area contributed by atoms with Gasteiger partial charge in [-0.25, -0.2) is 4.79 Å². The van der Waals surface area contributed by atoms with E-state index in [1.807, 2.05) is 91.1 Å². The highest BCUT2D eigenvalue weighted by atomic mass is 32.2. The predicted octanol–water partition coefficient (Wildman–Crippen LogP) is 7.26. The molecular formula is C33H49N3O4S. The predicted molar refractivity (Wildman–Crippen MR) is 171 cm³/mol. The van der Waals surface area contributed by atoms with Crippen LogP contribution < -0.4 is 10.6 Å². The Balaban J connectivity index is 2.71. The summed E-state index contributed by atoms with van der Waals surface area (Å²) in [5, 5.41) is 5.98. The third-order valence-corrected chi connectivity index (χ3v) is 7.95. The van der Waals surface area contributed by atoms with Crippen molar-refractivity contribution < 1.29 is 19.1 Å². The highest BCUT2D eigenvalue weighted by Gasteiger charge is 2.43. The number of nitrogens with zero attached hydrogens (tertiary/aromatic N) is 1. The van der Waals surface area contributed by atoms with Gasteiger partial charge in [0.15, 0.2) is 0 Å². The maximum Gasteiger partial charge on any atom is 0.408 e. The molecule has 41 heavy (non-hydrogen) atoms. The molecule has 2 N–H and O–H groups in total. The van der Waals surface area contributed by atoms with Crippen LogP contribution in [-0.2, 0) is 14.3 Å². The van der Waals surface area contributed by atoms with Gasteiger partial charge in [0.05, 0.1) is 0 Å². The second-order valence-electron chi connectivity index (χ2n) is 12.4. The fourth-order valence-corrected chi connectivity index (χ4v) is 5.26. The van der Waals surface area contributed by atoms with Gasteiger partial charge < -0.3 is 20.3 Å². The van der Waals surface area contributed by atoms with Gasteiger partial charge in [0, 0.05) is 11.2 Å². The van der Waals surface area contributed by atoms with Gasteiger partial charge in [0.25, 0.3) is 5.91 Å². The summed E-state index contributed by atoms with van der Waals surface area (Å²) >= 11 is 1.59. The lowest BCUT2D eigenvalue weighted by Crippen LogP contribution is -2.59. The number of anilines is 1. The molecule has 7 nitrogen and oxygen atoms in total. The van der Waals surface area contributed by atoms with E-state index in [0.29, 0.717) is 18.6 Å². The van der Waals surface area contributed by atoms with E-state index in [1.165, 1.54) is 0 Å². The molecule has 0 aliphatic heterocycles. The van der Waals surface area contributed by atoms with Crippen molar-refractivity contribution in [2.24, 2.45) is 0 Å². The number of amides is 3. The minimum absolute atomic E-state index is 0.301. The van der Waals surface area contributed by atoms with E-state index < -0.39 is 29.3 Å². The molecule has 0 spiro atoms. The molecule has 3 amide bonds. The van der Waals surface area contributed by atoms with Gasteiger partial charge in [0.1, 0.15) is 17.7 Å². The maximum atomic E-state index is 14.6. The highest BCUT2D eigenvalue weighted by Crippen LogP contribution is 2.35. The first-order chi connectivity index (χ1) is 19.0. The molecule has 0 aliphatic carbocycles. The average molecular weight is 584 g/mol. The smallest absolute Gasteiger partial charge is 0.408 e. The molecule has 0 aliphatic rings. The molecule has 8 heteroatoms. The van der Waals surface area contributed by atoms with Crippen molar-refractivity contribution in [3.63, 3.8) is 0 Å². The van der Waals surface area contributed by atoms with Crippen LogP contribution >= 0.6 is 11.8 Å². The summed E-state index contributed by atoms with van der Waals surface area (Å²) in [5.41, 5.74) is 3.91. The first-order valence-electron chi connectivity index (χ1n) is 14.3. The number of thioether (sulfide) groups is 1.